The van der Waals surface area contributed by atoms with Crippen LogP contribution in [0.15, 0.2) is 12.7 Å². The van der Waals surface area contributed by atoms with Crippen molar-refractivity contribution < 1.29 is 34.3 Å². The first-order valence-electron chi connectivity index (χ1n) is 11.2. The van der Waals surface area contributed by atoms with Crippen molar-refractivity contribution in [1.82, 2.24) is 24.8 Å². The highest BCUT2D eigenvalue weighted by molar-refractivity contribution is 5.82. The van der Waals surface area contributed by atoms with Crippen LogP contribution in [-0.4, -0.2) is 97.3 Å². The third kappa shape index (κ3) is 4.46. The van der Waals surface area contributed by atoms with Crippen molar-refractivity contribution in [2.75, 3.05) is 25.1 Å². The average Bonchev–Trinajstić information content (AvgIpc) is 3.59. The Kier molecular flexibility index (Phi) is 6.29. The third-order valence-electron chi connectivity index (χ3n) is 6.40. The van der Waals surface area contributed by atoms with E-state index in [0.717, 1.165) is 12.8 Å². The number of amides is 1. The molecular weight excluding hydrogens is 436 g/mol. The van der Waals surface area contributed by atoms with Gasteiger partial charge in [-0.2, -0.15) is 0 Å². The lowest BCUT2D eigenvalue weighted by Crippen LogP contribution is -2.42. The summed E-state index contributed by atoms with van der Waals surface area (Å²) in [5.41, 5.74) is 0.932. The van der Waals surface area contributed by atoms with E-state index in [-0.39, 0.29) is 18.7 Å². The summed E-state index contributed by atoms with van der Waals surface area (Å²) in [5, 5.41) is 36.8. The topological polar surface area (TPSA) is 173 Å². The summed E-state index contributed by atoms with van der Waals surface area (Å²) in [4.78, 5) is 25.0. The number of hydrogen-bond acceptors (Lipinski definition) is 11. The number of carbonyl (C=O) groups is 1. The fourth-order valence-electron chi connectivity index (χ4n) is 4.54. The maximum Gasteiger partial charge on any atom is 0.407 e. The molecule has 0 aromatic carbocycles. The Morgan fingerprint density at radius 1 is 1.18 bits per heavy atom. The minimum absolute atomic E-state index is 0.126. The highest BCUT2D eigenvalue weighted by Crippen LogP contribution is 2.32. The van der Waals surface area contributed by atoms with Gasteiger partial charge in [-0.15, -0.1) is 0 Å². The number of aromatic nitrogens is 4. The van der Waals surface area contributed by atoms with E-state index in [9.17, 15) is 20.1 Å². The maximum absolute atomic E-state index is 12.1. The molecule has 0 spiro atoms. The number of rotatable bonds is 6. The van der Waals surface area contributed by atoms with Crippen molar-refractivity contribution in [3.63, 3.8) is 0 Å². The van der Waals surface area contributed by atoms with Crippen molar-refractivity contribution in [2.45, 2.75) is 68.4 Å². The molecular formula is C20H28N6O7. The van der Waals surface area contributed by atoms with Gasteiger partial charge in [-0.1, -0.05) is 0 Å². The number of aliphatic hydroxyl groups is 3. The molecule has 2 saturated heterocycles. The third-order valence-corrected chi connectivity index (χ3v) is 6.40. The van der Waals surface area contributed by atoms with Gasteiger partial charge in [0.2, 0.25) is 0 Å². The molecule has 2 aliphatic heterocycles. The van der Waals surface area contributed by atoms with Gasteiger partial charge in [0.1, 0.15) is 31.2 Å². The van der Waals surface area contributed by atoms with Crippen LogP contribution in [0.25, 0.3) is 11.2 Å². The van der Waals surface area contributed by atoms with E-state index in [1.165, 1.54) is 17.2 Å². The molecule has 2 aromatic heterocycles. The molecule has 4 heterocycles. The normalized spacial score (nSPS) is 34.1. The number of ether oxygens (including phenoxy) is 3. The molecule has 180 valence electrons. The number of nitrogens with zero attached hydrogens (tertiary/aromatic N) is 4. The largest absolute Gasteiger partial charge is 0.447 e. The van der Waals surface area contributed by atoms with Crippen LogP contribution in [0.1, 0.15) is 31.9 Å². The molecule has 1 aliphatic carbocycles. The lowest BCUT2D eigenvalue weighted by molar-refractivity contribution is -0.0537. The van der Waals surface area contributed by atoms with Gasteiger partial charge >= 0.3 is 6.09 Å². The Labute approximate surface area is 189 Å². The highest BCUT2D eigenvalue weighted by Gasteiger charge is 2.45. The average molecular weight is 464 g/mol. The van der Waals surface area contributed by atoms with Crippen LogP contribution < -0.4 is 10.6 Å². The summed E-state index contributed by atoms with van der Waals surface area (Å²) in [5.74, 6) is 0.549. The summed E-state index contributed by atoms with van der Waals surface area (Å²) in [6.45, 7) is 1.00. The summed E-state index contributed by atoms with van der Waals surface area (Å²) in [6.07, 6.45) is 0.0709. The maximum atomic E-state index is 12.1. The molecule has 2 aromatic rings. The first-order chi connectivity index (χ1) is 16.0. The van der Waals surface area contributed by atoms with Crippen molar-refractivity contribution in [1.29, 1.82) is 0 Å². The van der Waals surface area contributed by atoms with Crippen LogP contribution in [0.5, 0.6) is 0 Å². The van der Waals surface area contributed by atoms with Crippen LogP contribution in [0, 0.1) is 0 Å². The number of nitrogens with one attached hydrogen (secondary N) is 2. The molecule has 0 bridgehead atoms. The molecule has 3 aliphatic rings. The zero-order chi connectivity index (χ0) is 22.9. The highest BCUT2D eigenvalue weighted by atomic mass is 16.6. The van der Waals surface area contributed by atoms with Crippen LogP contribution in [0.4, 0.5) is 10.6 Å². The van der Waals surface area contributed by atoms with Gasteiger partial charge in [0, 0.05) is 6.61 Å². The van der Waals surface area contributed by atoms with Crippen molar-refractivity contribution in [3.8, 4) is 0 Å². The zero-order valence-corrected chi connectivity index (χ0v) is 17.9. The monoisotopic (exact) mass is 464 g/mol. The van der Waals surface area contributed by atoms with Crippen molar-refractivity contribution in [3.05, 3.63) is 12.7 Å². The lowest BCUT2D eigenvalue weighted by Gasteiger charge is -2.18. The fraction of sp³-hybridized carbons (Fsp3) is 0.700. The van der Waals surface area contributed by atoms with Gasteiger partial charge in [-0.05, 0) is 25.7 Å². The van der Waals surface area contributed by atoms with E-state index in [1.807, 2.05) is 0 Å². The molecule has 33 heavy (non-hydrogen) atoms. The molecule has 3 fully saturated rings. The summed E-state index contributed by atoms with van der Waals surface area (Å²) in [7, 11) is 0. The fourth-order valence-corrected chi connectivity index (χ4v) is 4.54. The number of hydrogen-bond donors (Lipinski definition) is 5. The quantitative estimate of drug-likeness (QED) is 0.365. The van der Waals surface area contributed by atoms with E-state index in [2.05, 4.69) is 25.6 Å². The first-order valence-corrected chi connectivity index (χ1v) is 11.2. The van der Waals surface area contributed by atoms with E-state index < -0.39 is 36.7 Å². The Hall–Kier alpha value is -2.58. The molecule has 1 saturated carbocycles. The van der Waals surface area contributed by atoms with Crippen LogP contribution in [0.2, 0.25) is 0 Å². The number of anilines is 1. The predicted molar refractivity (Wildman–Crippen MR) is 112 cm³/mol. The lowest BCUT2D eigenvalue weighted by atomic mass is 10.1. The molecule has 7 atom stereocenters. The van der Waals surface area contributed by atoms with Gasteiger partial charge < -0.3 is 40.2 Å². The minimum atomic E-state index is -1.29. The predicted octanol–water partition coefficient (Wildman–Crippen LogP) is -0.714. The van der Waals surface area contributed by atoms with E-state index in [4.69, 9.17) is 14.2 Å². The Morgan fingerprint density at radius 2 is 2.06 bits per heavy atom. The minimum Gasteiger partial charge on any atom is -0.447 e. The van der Waals surface area contributed by atoms with Gasteiger partial charge in [-0.3, -0.25) is 4.57 Å². The van der Waals surface area contributed by atoms with Crippen LogP contribution in [0.3, 0.4) is 0 Å². The van der Waals surface area contributed by atoms with E-state index >= 15 is 0 Å². The standard InChI is InChI=1S/C20H28N6O7/c27-12-3-1-2-11(12)25-20(30)32-7-13-15(28)16(29)19(33-13)26-9-23-14-17(21-8-22-18(14)26)24-10-4-5-31-6-10/h8-13,15-16,19,27-29H,1-7H2,(H,25,30)(H,21,22,24)/t10-,11+,12+,13-,15-,16-,19?/m1/s1. The molecule has 1 amide bonds. The second-order valence-electron chi connectivity index (χ2n) is 8.65. The van der Waals surface area contributed by atoms with Crippen molar-refractivity contribution in [2.24, 2.45) is 0 Å². The number of aliphatic hydroxyl groups excluding tert-OH is 3. The van der Waals surface area contributed by atoms with Gasteiger partial charge in [0.25, 0.3) is 0 Å². The van der Waals surface area contributed by atoms with Crippen LogP contribution >= 0.6 is 0 Å². The molecule has 13 heteroatoms. The Bertz CT molecular complexity index is 983. The Balaban J connectivity index is 1.24. The molecule has 0 radical (unpaired) electrons. The summed E-state index contributed by atoms with van der Waals surface area (Å²) < 4.78 is 17.9. The second-order valence-corrected chi connectivity index (χ2v) is 8.65. The van der Waals surface area contributed by atoms with Crippen molar-refractivity contribution >= 4 is 23.1 Å². The Morgan fingerprint density at radius 3 is 2.82 bits per heavy atom. The molecule has 1 unspecified atom stereocenters. The second kappa shape index (κ2) is 9.35. The number of alkyl carbamates (subject to hydrolysis) is 1. The summed E-state index contributed by atoms with van der Waals surface area (Å²) >= 11 is 0. The van der Waals surface area contributed by atoms with Crippen LogP contribution in [-0.2, 0) is 14.2 Å². The van der Waals surface area contributed by atoms with Gasteiger partial charge in [-0.25, -0.2) is 19.7 Å². The molecule has 5 rings (SSSR count). The SMILES string of the molecule is O=C(N[C@H]1CCC[C@@H]1O)OC[C@H]1OC(n2cnc3c(N[C@@H]4CCOC4)ncnc32)[C@H](O)[C@@H]1O. The zero-order valence-electron chi connectivity index (χ0n) is 17.9. The summed E-state index contributed by atoms with van der Waals surface area (Å²) in [6, 6.07) is -0.220. The van der Waals surface area contributed by atoms with E-state index in [1.54, 1.807) is 0 Å². The number of fused-ring (bicyclic) bond motifs is 1. The molecule has 13 nitrogen and oxygen atoms in total. The first kappa shape index (κ1) is 22.2. The number of carbonyl (C=O) groups excluding carboxylic acids is 1. The van der Waals surface area contributed by atoms with Gasteiger partial charge in [0.05, 0.1) is 31.1 Å². The smallest absolute Gasteiger partial charge is 0.407 e. The number of imidazole rings is 1. The van der Waals surface area contributed by atoms with Gasteiger partial charge in [0.15, 0.2) is 23.2 Å². The molecule has 5 N–H and O–H groups in total. The van der Waals surface area contributed by atoms with E-state index in [0.29, 0.717) is 43.0 Å².